The van der Waals surface area contributed by atoms with Crippen LogP contribution in [0.25, 0.3) is 10.2 Å². The zero-order chi connectivity index (χ0) is 22.7. The van der Waals surface area contributed by atoms with E-state index in [1.807, 2.05) is 6.92 Å². The monoisotopic (exact) mass is 454 g/mol. The second-order valence-electron chi connectivity index (χ2n) is 7.77. The average Bonchev–Trinajstić information content (AvgIpc) is 3.15. The summed E-state index contributed by atoms with van der Waals surface area (Å²) in [5.74, 6) is 0.353. The van der Waals surface area contributed by atoms with Crippen molar-refractivity contribution in [2.24, 2.45) is 0 Å². The lowest BCUT2D eigenvalue weighted by Gasteiger charge is -2.26. The maximum absolute atomic E-state index is 13.1. The predicted octanol–water partition coefficient (Wildman–Crippen LogP) is 3.43. The van der Waals surface area contributed by atoms with Gasteiger partial charge >= 0.3 is 0 Å². The van der Waals surface area contributed by atoms with E-state index >= 15 is 0 Å². The highest BCUT2D eigenvalue weighted by atomic mass is 32.1. The number of anilines is 1. The molecular weight excluding hydrogens is 428 g/mol. The molecule has 2 amide bonds. The summed E-state index contributed by atoms with van der Waals surface area (Å²) in [6.07, 6.45) is 4.52. The number of hydrogen-bond donors (Lipinski definition) is 1. The Morgan fingerprint density at radius 3 is 2.56 bits per heavy atom. The van der Waals surface area contributed by atoms with Gasteiger partial charge in [-0.25, -0.2) is 4.98 Å². The van der Waals surface area contributed by atoms with E-state index in [0.717, 1.165) is 38.1 Å². The molecule has 0 atom stereocenters. The van der Waals surface area contributed by atoms with Crippen molar-refractivity contribution < 1.29 is 14.3 Å². The molecule has 0 bridgehead atoms. The molecule has 1 fully saturated rings. The van der Waals surface area contributed by atoms with E-state index in [0.29, 0.717) is 33.0 Å². The molecule has 1 aliphatic rings. The minimum atomic E-state index is -0.301. The summed E-state index contributed by atoms with van der Waals surface area (Å²) in [6, 6.07) is 7.11. The summed E-state index contributed by atoms with van der Waals surface area (Å²) >= 11 is 1.18. The Morgan fingerprint density at radius 1 is 1.16 bits per heavy atom. The molecular formula is C23H26N4O4S. The van der Waals surface area contributed by atoms with Crippen LogP contribution < -0.4 is 15.6 Å². The lowest BCUT2D eigenvalue weighted by atomic mass is 10.1. The first-order valence-corrected chi connectivity index (χ1v) is 11.6. The van der Waals surface area contributed by atoms with Crippen molar-refractivity contribution in [3.05, 3.63) is 51.4 Å². The van der Waals surface area contributed by atoms with Gasteiger partial charge in [-0.1, -0.05) is 0 Å². The number of ether oxygens (including phenoxy) is 1. The van der Waals surface area contributed by atoms with Crippen molar-refractivity contribution in [1.82, 2.24) is 14.5 Å². The molecule has 8 nitrogen and oxygen atoms in total. The number of nitrogens with one attached hydrogen (secondary N) is 1. The highest BCUT2D eigenvalue weighted by Gasteiger charge is 2.22. The molecule has 0 saturated carbocycles. The Bertz CT molecular complexity index is 1190. The number of aromatic nitrogens is 2. The maximum Gasteiger partial charge on any atom is 0.266 e. The fraction of sp³-hybridized carbons (Fsp3) is 0.391. The Kier molecular flexibility index (Phi) is 6.55. The van der Waals surface area contributed by atoms with E-state index in [1.165, 1.54) is 22.2 Å². The minimum absolute atomic E-state index is 0.0369. The van der Waals surface area contributed by atoms with Crippen LogP contribution in [0, 0.1) is 6.92 Å². The van der Waals surface area contributed by atoms with Crippen molar-refractivity contribution in [2.75, 3.05) is 25.0 Å². The van der Waals surface area contributed by atoms with Crippen molar-refractivity contribution >= 4 is 39.1 Å². The summed E-state index contributed by atoms with van der Waals surface area (Å²) in [5, 5.41) is 3.25. The number of piperidine rings is 1. The Hall–Kier alpha value is -3.20. The van der Waals surface area contributed by atoms with Gasteiger partial charge in [-0.15, -0.1) is 11.3 Å². The van der Waals surface area contributed by atoms with Gasteiger partial charge in [-0.2, -0.15) is 0 Å². The van der Waals surface area contributed by atoms with Crippen LogP contribution in [0.1, 0.15) is 41.4 Å². The number of aryl methyl sites for hydroxylation is 1. The first kappa shape index (κ1) is 22.0. The Morgan fingerprint density at radius 2 is 1.88 bits per heavy atom. The molecule has 1 aliphatic heterocycles. The normalized spacial score (nSPS) is 13.9. The van der Waals surface area contributed by atoms with E-state index in [1.54, 1.807) is 36.1 Å². The zero-order valence-corrected chi connectivity index (χ0v) is 19.0. The van der Waals surface area contributed by atoms with Gasteiger partial charge in [0.2, 0.25) is 5.91 Å². The third-order valence-electron chi connectivity index (χ3n) is 5.56. The van der Waals surface area contributed by atoms with Gasteiger partial charge in [0.25, 0.3) is 11.5 Å². The number of nitrogens with zero attached hydrogens (tertiary/aromatic N) is 3. The number of carbonyl (C=O) groups excluding carboxylic acids is 2. The van der Waals surface area contributed by atoms with Crippen molar-refractivity contribution in [3.63, 3.8) is 0 Å². The van der Waals surface area contributed by atoms with Crippen molar-refractivity contribution in [2.45, 2.75) is 39.7 Å². The molecule has 32 heavy (non-hydrogen) atoms. The van der Waals surface area contributed by atoms with E-state index in [9.17, 15) is 14.4 Å². The Balaban J connectivity index is 1.55. The van der Waals surface area contributed by atoms with Gasteiger partial charge < -0.3 is 15.0 Å². The first-order valence-electron chi connectivity index (χ1n) is 10.8. The van der Waals surface area contributed by atoms with Crippen LogP contribution in [-0.2, 0) is 11.3 Å². The van der Waals surface area contributed by atoms with Crippen LogP contribution in [0.3, 0.4) is 0 Å². The Labute approximate surface area is 189 Å². The molecule has 1 saturated heterocycles. The third-order valence-corrected chi connectivity index (χ3v) is 6.76. The van der Waals surface area contributed by atoms with Crippen molar-refractivity contribution in [3.8, 4) is 5.75 Å². The maximum atomic E-state index is 13.1. The SMILES string of the molecule is CCOc1ccc(NC(=O)c2sc3ncn(CC(=O)N4CCCCC4)c(=O)c3c2C)cc1. The smallest absolute Gasteiger partial charge is 0.266 e. The topological polar surface area (TPSA) is 93.5 Å². The lowest BCUT2D eigenvalue weighted by Crippen LogP contribution is -2.39. The molecule has 3 heterocycles. The highest BCUT2D eigenvalue weighted by molar-refractivity contribution is 7.20. The van der Waals surface area contributed by atoms with Crippen molar-refractivity contribution in [1.29, 1.82) is 0 Å². The van der Waals surface area contributed by atoms with Crippen LogP contribution in [0.2, 0.25) is 0 Å². The fourth-order valence-corrected chi connectivity index (χ4v) is 4.90. The van der Waals surface area contributed by atoms with Gasteiger partial charge in [0.15, 0.2) is 0 Å². The summed E-state index contributed by atoms with van der Waals surface area (Å²) in [5.41, 5.74) is 0.910. The van der Waals surface area contributed by atoms with E-state index in [-0.39, 0.29) is 23.9 Å². The third kappa shape index (κ3) is 4.52. The molecule has 4 rings (SSSR count). The number of hydrogen-bond acceptors (Lipinski definition) is 6. The van der Waals surface area contributed by atoms with Crippen LogP contribution >= 0.6 is 11.3 Å². The number of amides is 2. The summed E-state index contributed by atoms with van der Waals surface area (Å²) in [4.78, 5) is 45.6. The molecule has 0 aliphatic carbocycles. The fourth-order valence-electron chi connectivity index (χ4n) is 3.87. The zero-order valence-electron chi connectivity index (χ0n) is 18.2. The lowest BCUT2D eigenvalue weighted by molar-refractivity contribution is -0.132. The predicted molar refractivity (Wildman–Crippen MR) is 125 cm³/mol. The minimum Gasteiger partial charge on any atom is -0.494 e. The second kappa shape index (κ2) is 9.52. The molecule has 0 spiro atoms. The van der Waals surface area contributed by atoms with Gasteiger partial charge in [0.05, 0.1) is 23.2 Å². The highest BCUT2D eigenvalue weighted by Crippen LogP contribution is 2.28. The molecule has 168 valence electrons. The average molecular weight is 455 g/mol. The number of likely N-dealkylation sites (tertiary alicyclic amines) is 1. The summed E-state index contributed by atoms with van der Waals surface area (Å²) in [7, 11) is 0. The number of fused-ring (bicyclic) bond motifs is 1. The van der Waals surface area contributed by atoms with Crippen LogP contribution in [0.15, 0.2) is 35.4 Å². The molecule has 0 radical (unpaired) electrons. The van der Waals surface area contributed by atoms with Crippen LogP contribution in [0.5, 0.6) is 5.75 Å². The van der Waals surface area contributed by atoms with E-state index < -0.39 is 0 Å². The standard InChI is InChI=1S/C23H26N4O4S/c1-3-31-17-9-7-16(8-10-17)25-21(29)20-15(2)19-22(32-20)24-14-27(23(19)30)13-18(28)26-11-5-4-6-12-26/h7-10,14H,3-6,11-13H2,1-2H3,(H,25,29). The molecule has 1 aromatic carbocycles. The summed E-state index contributed by atoms with van der Waals surface area (Å²) in [6.45, 7) is 5.65. The van der Waals surface area contributed by atoms with Crippen LogP contribution in [-0.4, -0.2) is 46.0 Å². The van der Waals surface area contributed by atoms with Gasteiger partial charge in [-0.3, -0.25) is 19.0 Å². The van der Waals surface area contributed by atoms with Crippen LogP contribution in [0.4, 0.5) is 5.69 Å². The van der Waals surface area contributed by atoms with E-state index in [4.69, 9.17) is 4.74 Å². The molecule has 9 heteroatoms. The van der Waals surface area contributed by atoms with Gasteiger partial charge in [0.1, 0.15) is 17.1 Å². The van der Waals surface area contributed by atoms with E-state index in [2.05, 4.69) is 10.3 Å². The molecule has 2 aromatic heterocycles. The number of thiophene rings is 1. The second-order valence-corrected chi connectivity index (χ2v) is 8.77. The molecule has 0 unspecified atom stereocenters. The van der Waals surface area contributed by atoms with Gasteiger partial charge in [0, 0.05) is 18.8 Å². The number of rotatable bonds is 6. The largest absolute Gasteiger partial charge is 0.494 e. The quantitative estimate of drug-likeness (QED) is 0.616. The molecule has 3 aromatic rings. The van der Waals surface area contributed by atoms with Gasteiger partial charge in [-0.05, 0) is 62.9 Å². The molecule has 1 N–H and O–H groups in total. The summed E-state index contributed by atoms with van der Waals surface area (Å²) < 4.78 is 6.76. The number of benzene rings is 1. The first-order chi connectivity index (χ1) is 15.5. The number of carbonyl (C=O) groups is 2.